The van der Waals surface area contributed by atoms with Crippen molar-refractivity contribution in [2.75, 3.05) is 0 Å². The molecule has 0 aromatic heterocycles. The van der Waals surface area contributed by atoms with E-state index >= 15 is 0 Å². The van der Waals surface area contributed by atoms with E-state index in [1.165, 1.54) is 0 Å². The summed E-state index contributed by atoms with van der Waals surface area (Å²) in [6.07, 6.45) is 4.97. The van der Waals surface area contributed by atoms with Crippen LogP contribution in [0.1, 0.15) is 6.92 Å². The lowest BCUT2D eigenvalue weighted by Gasteiger charge is -1.90. The molecular weight excluding hydrogens is 132 g/mol. The molecule has 0 aliphatic carbocycles. The first-order chi connectivity index (χ1) is 5.09. The maximum Gasteiger partial charge on any atom is -0.0311 e. The van der Waals surface area contributed by atoms with E-state index < -0.39 is 0 Å². The van der Waals surface area contributed by atoms with Crippen LogP contribution in [0.5, 0.6) is 0 Å². The Morgan fingerprint density at radius 2 is 1.36 bits per heavy atom. The third kappa shape index (κ3) is 12.0. The van der Waals surface area contributed by atoms with Crippen LogP contribution in [0.15, 0.2) is 62.3 Å². The topological polar surface area (TPSA) is 0 Å². The van der Waals surface area contributed by atoms with Crippen LogP contribution in [0, 0.1) is 0 Å². The third-order valence-electron chi connectivity index (χ3n) is 0.961. The van der Waals surface area contributed by atoms with Crippen molar-refractivity contribution in [1.29, 1.82) is 0 Å². The van der Waals surface area contributed by atoms with E-state index in [0.717, 1.165) is 11.1 Å². The molecule has 0 N–H and O–H groups in total. The van der Waals surface area contributed by atoms with Gasteiger partial charge in [-0.3, -0.25) is 0 Å². The summed E-state index contributed by atoms with van der Waals surface area (Å²) in [5.74, 6) is 0. The minimum atomic E-state index is 0.917. The van der Waals surface area contributed by atoms with Crippen molar-refractivity contribution in [3.63, 3.8) is 0 Å². The van der Waals surface area contributed by atoms with Crippen LogP contribution in [0.2, 0.25) is 0 Å². The highest BCUT2D eigenvalue weighted by atomic mass is 13.9. The summed E-state index contributed by atoms with van der Waals surface area (Å²) in [7, 11) is 0. The standard InChI is InChI=1S/C7H10.C4H6/c1-5-7(4)6(2)3;1-3-4-2/h5H,1-2,4H2,3H3;3-4H,1-2H2. The van der Waals surface area contributed by atoms with Gasteiger partial charge < -0.3 is 0 Å². The number of allylic oxidation sites excluding steroid dienone is 5. The van der Waals surface area contributed by atoms with Gasteiger partial charge in [-0.25, -0.2) is 0 Å². The van der Waals surface area contributed by atoms with Gasteiger partial charge in [0.05, 0.1) is 0 Å². The summed E-state index contributed by atoms with van der Waals surface area (Å²) in [5, 5.41) is 0. The van der Waals surface area contributed by atoms with E-state index in [9.17, 15) is 0 Å². The molecule has 0 fully saturated rings. The fourth-order valence-corrected chi connectivity index (χ4v) is 0.174. The first-order valence-electron chi connectivity index (χ1n) is 3.30. The van der Waals surface area contributed by atoms with Crippen molar-refractivity contribution in [3.8, 4) is 0 Å². The summed E-state index contributed by atoms with van der Waals surface area (Å²) in [6, 6.07) is 0. The van der Waals surface area contributed by atoms with Gasteiger partial charge in [-0.15, -0.1) is 0 Å². The van der Waals surface area contributed by atoms with Crippen molar-refractivity contribution < 1.29 is 0 Å². The Morgan fingerprint density at radius 3 is 1.36 bits per heavy atom. The van der Waals surface area contributed by atoms with Gasteiger partial charge in [0, 0.05) is 0 Å². The zero-order valence-electron chi connectivity index (χ0n) is 7.27. The molecule has 0 heteroatoms. The predicted octanol–water partition coefficient (Wildman–Crippen LogP) is 3.66. The molecule has 0 aliphatic heterocycles. The Balaban J connectivity index is 0. The van der Waals surface area contributed by atoms with E-state index in [-0.39, 0.29) is 0 Å². The van der Waals surface area contributed by atoms with Gasteiger partial charge in [0.25, 0.3) is 0 Å². The Bertz CT molecular complexity index is 164. The summed E-state index contributed by atoms with van der Waals surface area (Å²) in [4.78, 5) is 0. The third-order valence-corrected chi connectivity index (χ3v) is 0.961. The highest BCUT2D eigenvalue weighted by Crippen LogP contribution is 2.01. The number of rotatable bonds is 3. The molecule has 60 valence electrons. The second-order valence-corrected chi connectivity index (χ2v) is 1.98. The van der Waals surface area contributed by atoms with Crippen LogP contribution < -0.4 is 0 Å². The van der Waals surface area contributed by atoms with Gasteiger partial charge in [-0.1, -0.05) is 56.7 Å². The van der Waals surface area contributed by atoms with E-state index in [2.05, 4.69) is 32.9 Å². The largest absolute Gasteiger partial charge is 0.0991 e. The van der Waals surface area contributed by atoms with E-state index in [4.69, 9.17) is 0 Å². The van der Waals surface area contributed by atoms with Gasteiger partial charge in [0.15, 0.2) is 0 Å². The lowest BCUT2D eigenvalue weighted by atomic mass is 10.2. The van der Waals surface area contributed by atoms with Gasteiger partial charge >= 0.3 is 0 Å². The first-order valence-corrected chi connectivity index (χ1v) is 3.30. The molecular formula is C11H16. The van der Waals surface area contributed by atoms with Crippen molar-refractivity contribution in [2.24, 2.45) is 0 Å². The molecule has 0 nitrogen and oxygen atoms in total. The lowest BCUT2D eigenvalue weighted by molar-refractivity contribution is 1.48. The SMILES string of the molecule is C=CC(=C)C(=C)C.C=CC=C. The maximum atomic E-state index is 3.66. The molecule has 0 rings (SSSR count). The molecule has 0 aliphatic rings. The second-order valence-electron chi connectivity index (χ2n) is 1.98. The van der Waals surface area contributed by atoms with Crippen LogP contribution in [-0.2, 0) is 0 Å². The highest BCUT2D eigenvalue weighted by molar-refractivity contribution is 5.31. The Kier molecular flexibility index (Phi) is 9.79. The van der Waals surface area contributed by atoms with Gasteiger partial charge in [-0.05, 0) is 12.5 Å². The van der Waals surface area contributed by atoms with Crippen LogP contribution in [0.25, 0.3) is 0 Å². The van der Waals surface area contributed by atoms with Gasteiger partial charge in [0.2, 0.25) is 0 Å². The predicted molar refractivity (Wildman–Crippen MR) is 54.5 cm³/mol. The molecule has 0 amide bonds. The molecule has 0 aromatic carbocycles. The highest BCUT2D eigenvalue weighted by Gasteiger charge is 1.81. The van der Waals surface area contributed by atoms with Crippen molar-refractivity contribution in [2.45, 2.75) is 6.92 Å². The molecule has 0 spiro atoms. The smallest absolute Gasteiger partial charge is 0.0311 e. The van der Waals surface area contributed by atoms with E-state index in [1.54, 1.807) is 18.2 Å². The summed E-state index contributed by atoms with van der Waals surface area (Å²) in [6.45, 7) is 19.5. The van der Waals surface area contributed by atoms with E-state index in [0.29, 0.717) is 0 Å². The Labute approximate surface area is 69.9 Å². The monoisotopic (exact) mass is 148 g/mol. The molecule has 0 aromatic rings. The lowest BCUT2D eigenvalue weighted by Crippen LogP contribution is -1.70. The molecule has 0 heterocycles. The molecule has 0 saturated heterocycles. The summed E-state index contributed by atoms with van der Waals surface area (Å²) in [5.41, 5.74) is 1.90. The Hall–Kier alpha value is -1.30. The average molecular weight is 148 g/mol. The van der Waals surface area contributed by atoms with Gasteiger partial charge in [0.1, 0.15) is 0 Å². The molecule has 0 saturated carbocycles. The first kappa shape index (κ1) is 12.4. The fraction of sp³-hybridized carbons (Fsp3) is 0.0909. The Morgan fingerprint density at radius 1 is 1.00 bits per heavy atom. The van der Waals surface area contributed by atoms with Crippen molar-refractivity contribution >= 4 is 0 Å². The normalized spacial score (nSPS) is 6.64. The zero-order chi connectivity index (χ0) is 9.28. The minimum absolute atomic E-state index is 0.917. The van der Waals surface area contributed by atoms with Crippen molar-refractivity contribution in [3.05, 3.63) is 62.3 Å². The molecule has 11 heavy (non-hydrogen) atoms. The molecule has 0 bridgehead atoms. The molecule has 0 unspecified atom stereocenters. The summed E-state index contributed by atoms with van der Waals surface area (Å²) >= 11 is 0. The second kappa shape index (κ2) is 8.70. The minimum Gasteiger partial charge on any atom is -0.0991 e. The van der Waals surface area contributed by atoms with Crippen LogP contribution in [0.4, 0.5) is 0 Å². The molecule has 0 radical (unpaired) electrons. The van der Waals surface area contributed by atoms with Crippen LogP contribution >= 0.6 is 0 Å². The zero-order valence-corrected chi connectivity index (χ0v) is 7.27. The fourth-order valence-electron chi connectivity index (χ4n) is 0.174. The quantitative estimate of drug-likeness (QED) is 0.536. The van der Waals surface area contributed by atoms with E-state index in [1.807, 2.05) is 6.92 Å². The number of hydrogen-bond donors (Lipinski definition) is 0. The average Bonchev–Trinajstić information content (AvgIpc) is 2.03. The van der Waals surface area contributed by atoms with Gasteiger partial charge in [-0.2, -0.15) is 0 Å². The maximum absolute atomic E-state index is 3.66. The van der Waals surface area contributed by atoms with Crippen molar-refractivity contribution in [1.82, 2.24) is 0 Å². The van der Waals surface area contributed by atoms with Crippen LogP contribution in [0.3, 0.4) is 0 Å². The summed E-state index contributed by atoms with van der Waals surface area (Å²) < 4.78 is 0. The van der Waals surface area contributed by atoms with Crippen LogP contribution in [-0.4, -0.2) is 0 Å². The molecule has 0 atom stereocenters. The number of hydrogen-bond acceptors (Lipinski definition) is 0.